The minimum atomic E-state index is -1.98. The number of nitrogens with one attached hydrogen (secondary N) is 1. The van der Waals surface area contributed by atoms with Gasteiger partial charge in [0.15, 0.2) is 10.9 Å². The number of imidazole rings is 1. The molecule has 0 fully saturated rings. The monoisotopic (exact) mass is 432 g/mol. The second-order valence-electron chi connectivity index (χ2n) is 8.28. The number of fused-ring (bicyclic) bond motifs is 1. The number of ketones is 1. The van der Waals surface area contributed by atoms with Crippen LogP contribution in [0, 0.1) is 0 Å². The van der Waals surface area contributed by atoms with Crippen molar-refractivity contribution in [2.45, 2.75) is 44.1 Å². The number of nitrogens with zero attached hydrogens (tertiary/aromatic N) is 1. The number of Topliss-reactive ketones (excluding diaryl/α,β-unsaturated/α-hetero) is 1. The summed E-state index contributed by atoms with van der Waals surface area (Å²) < 4.78 is 6.27. The van der Waals surface area contributed by atoms with Gasteiger partial charge in [-0.05, 0) is 48.5 Å². The van der Waals surface area contributed by atoms with E-state index in [1.807, 2.05) is 30.3 Å². The second-order valence-corrected chi connectivity index (χ2v) is 14.4. The minimum Gasteiger partial charge on any atom is -0.543 e. The molecule has 0 saturated heterocycles. The molecule has 0 atom stereocenters. The van der Waals surface area contributed by atoms with Crippen LogP contribution < -0.4 is 4.43 Å². The van der Waals surface area contributed by atoms with Gasteiger partial charge in [0.05, 0.1) is 21.8 Å². The summed E-state index contributed by atoms with van der Waals surface area (Å²) in [5, 5.41) is 1.29. The molecule has 0 spiro atoms. The van der Waals surface area contributed by atoms with Gasteiger partial charge in [-0.3, -0.25) is 4.79 Å². The molecule has 0 radical (unpaired) electrons. The summed E-state index contributed by atoms with van der Waals surface area (Å²) in [6.45, 7) is 10.9. The van der Waals surface area contributed by atoms with E-state index < -0.39 is 8.32 Å². The van der Waals surface area contributed by atoms with Crippen LogP contribution in [0.2, 0.25) is 23.2 Å². The van der Waals surface area contributed by atoms with Gasteiger partial charge in [0.1, 0.15) is 5.75 Å². The molecular weight excluding hydrogens is 408 g/mol. The highest BCUT2D eigenvalue weighted by atomic mass is 35.5. The highest BCUT2D eigenvalue weighted by molar-refractivity contribution is 7.99. The van der Waals surface area contributed by atoms with Gasteiger partial charge in [-0.15, -0.1) is 0 Å². The minimum absolute atomic E-state index is 0.00577. The number of carbonyl (C=O) groups excluding carboxylic acids is 1. The summed E-state index contributed by atoms with van der Waals surface area (Å²) in [5.74, 6) is 0.944. The topological polar surface area (TPSA) is 55.0 Å². The lowest BCUT2D eigenvalue weighted by atomic mass is 10.1. The number of hydrogen-bond donors (Lipinski definition) is 1. The Kier molecular flexibility index (Phi) is 5.94. The van der Waals surface area contributed by atoms with Crippen molar-refractivity contribution in [3.8, 4) is 5.75 Å². The molecule has 3 aromatic rings. The molecule has 0 unspecified atom stereocenters. The number of aromatic amines is 1. The Hall–Kier alpha value is -1.76. The maximum absolute atomic E-state index is 12.6. The summed E-state index contributed by atoms with van der Waals surface area (Å²) in [5.41, 5.74) is 2.44. The van der Waals surface area contributed by atoms with Gasteiger partial charge in [0.25, 0.3) is 8.32 Å². The third-order valence-electron chi connectivity index (χ3n) is 5.13. The lowest BCUT2D eigenvalue weighted by molar-refractivity contribution is 0.102. The second kappa shape index (κ2) is 7.93. The van der Waals surface area contributed by atoms with Crippen LogP contribution in [0.15, 0.2) is 47.6 Å². The quantitative estimate of drug-likeness (QED) is 0.271. The molecule has 1 aromatic heterocycles. The molecule has 0 aliphatic rings. The number of rotatable bonds is 6. The van der Waals surface area contributed by atoms with Crippen LogP contribution in [0.25, 0.3) is 11.0 Å². The first-order chi connectivity index (χ1) is 13.1. The number of aromatic nitrogens is 2. The van der Waals surface area contributed by atoms with E-state index in [9.17, 15) is 4.79 Å². The number of hydrogen-bond acceptors (Lipinski definition) is 4. The van der Waals surface area contributed by atoms with Crippen molar-refractivity contribution in [2.24, 2.45) is 0 Å². The van der Waals surface area contributed by atoms with Crippen molar-refractivity contribution >= 4 is 48.5 Å². The van der Waals surface area contributed by atoms with Crippen LogP contribution in [-0.2, 0) is 0 Å². The Morgan fingerprint density at radius 3 is 2.57 bits per heavy atom. The molecule has 2 aromatic carbocycles. The summed E-state index contributed by atoms with van der Waals surface area (Å²) in [7, 11) is -1.98. The fourth-order valence-corrected chi connectivity index (χ4v) is 4.50. The summed E-state index contributed by atoms with van der Waals surface area (Å²) in [4.78, 5) is 20.3. The smallest absolute Gasteiger partial charge is 0.250 e. The van der Waals surface area contributed by atoms with E-state index in [0.717, 1.165) is 16.2 Å². The molecule has 0 amide bonds. The Morgan fingerprint density at radius 1 is 1.21 bits per heavy atom. The molecule has 148 valence electrons. The van der Waals surface area contributed by atoms with Gasteiger partial charge >= 0.3 is 0 Å². The fraction of sp³-hybridized carbons (Fsp3) is 0.333. The zero-order valence-electron chi connectivity index (χ0n) is 16.8. The van der Waals surface area contributed by atoms with Gasteiger partial charge < -0.3 is 9.41 Å². The van der Waals surface area contributed by atoms with Crippen LogP contribution in [0.1, 0.15) is 31.1 Å². The van der Waals surface area contributed by atoms with Gasteiger partial charge in [0.2, 0.25) is 0 Å². The van der Waals surface area contributed by atoms with E-state index in [1.165, 1.54) is 11.8 Å². The van der Waals surface area contributed by atoms with Crippen molar-refractivity contribution in [2.75, 3.05) is 5.75 Å². The third-order valence-corrected chi connectivity index (χ3v) is 10.6. The van der Waals surface area contributed by atoms with Gasteiger partial charge in [0, 0.05) is 5.56 Å². The molecule has 3 rings (SSSR count). The van der Waals surface area contributed by atoms with Crippen molar-refractivity contribution in [3.63, 3.8) is 0 Å². The van der Waals surface area contributed by atoms with Crippen LogP contribution >= 0.6 is 23.4 Å². The normalized spacial score (nSPS) is 12.4. The zero-order chi connectivity index (χ0) is 20.5. The number of carbonyl (C=O) groups is 1. The van der Waals surface area contributed by atoms with Crippen LogP contribution in [0.5, 0.6) is 5.75 Å². The van der Waals surface area contributed by atoms with E-state index in [4.69, 9.17) is 16.0 Å². The Morgan fingerprint density at radius 2 is 1.93 bits per heavy atom. The van der Waals surface area contributed by atoms with Gasteiger partial charge in [-0.25, -0.2) is 4.98 Å². The van der Waals surface area contributed by atoms with Crippen molar-refractivity contribution in [3.05, 3.63) is 53.1 Å². The number of para-hydroxylation sites is 2. The van der Waals surface area contributed by atoms with Gasteiger partial charge in [-0.1, -0.05) is 56.3 Å². The van der Waals surface area contributed by atoms with E-state index >= 15 is 0 Å². The average Bonchev–Trinajstić information content (AvgIpc) is 3.03. The lowest BCUT2D eigenvalue weighted by Crippen LogP contribution is -2.43. The molecule has 0 aliphatic carbocycles. The number of H-pyrrole nitrogens is 1. The predicted octanol–water partition coefficient (Wildman–Crippen LogP) is 6.58. The Balaban J connectivity index is 1.68. The molecule has 0 aliphatic heterocycles. The molecule has 1 N–H and O–H groups in total. The fourth-order valence-electron chi connectivity index (χ4n) is 2.40. The SMILES string of the molecule is CC(C)(C)[Si](C)(C)Oc1ccc(C(=O)CSc2nc3ccccc3[nH]2)cc1Cl. The van der Waals surface area contributed by atoms with E-state index in [0.29, 0.717) is 22.1 Å². The predicted molar refractivity (Wildman–Crippen MR) is 120 cm³/mol. The molecule has 0 saturated carbocycles. The van der Waals surface area contributed by atoms with E-state index in [1.54, 1.807) is 12.1 Å². The summed E-state index contributed by atoms with van der Waals surface area (Å²) >= 11 is 7.81. The van der Waals surface area contributed by atoms with Crippen molar-refractivity contribution in [1.29, 1.82) is 0 Å². The Labute approximate surface area is 176 Å². The largest absolute Gasteiger partial charge is 0.543 e. The Bertz CT molecular complexity index is 978. The lowest BCUT2D eigenvalue weighted by Gasteiger charge is -2.36. The number of halogens is 1. The van der Waals surface area contributed by atoms with E-state index in [2.05, 4.69) is 43.8 Å². The molecule has 0 bridgehead atoms. The third kappa shape index (κ3) is 4.62. The maximum Gasteiger partial charge on any atom is 0.250 e. The molecule has 7 heteroatoms. The average molecular weight is 433 g/mol. The van der Waals surface area contributed by atoms with Crippen LogP contribution in [0.4, 0.5) is 0 Å². The zero-order valence-corrected chi connectivity index (χ0v) is 19.4. The molecule has 1 heterocycles. The molecule has 28 heavy (non-hydrogen) atoms. The number of benzene rings is 2. The van der Waals surface area contributed by atoms with E-state index in [-0.39, 0.29) is 10.8 Å². The van der Waals surface area contributed by atoms with Crippen molar-refractivity contribution in [1.82, 2.24) is 9.97 Å². The van der Waals surface area contributed by atoms with Gasteiger partial charge in [-0.2, -0.15) is 0 Å². The summed E-state index contributed by atoms with van der Waals surface area (Å²) in [6.07, 6.45) is 0. The maximum atomic E-state index is 12.6. The first-order valence-corrected chi connectivity index (χ1v) is 13.4. The summed E-state index contributed by atoms with van der Waals surface area (Å²) in [6, 6.07) is 13.1. The number of thioether (sulfide) groups is 1. The first kappa shape index (κ1) is 21.0. The molecule has 4 nitrogen and oxygen atoms in total. The highest BCUT2D eigenvalue weighted by Crippen LogP contribution is 2.39. The van der Waals surface area contributed by atoms with Crippen molar-refractivity contribution < 1.29 is 9.22 Å². The van der Waals surface area contributed by atoms with Crippen LogP contribution in [-0.4, -0.2) is 29.8 Å². The highest BCUT2D eigenvalue weighted by Gasteiger charge is 2.39. The van der Waals surface area contributed by atoms with Crippen LogP contribution in [0.3, 0.4) is 0 Å². The standard InChI is InChI=1S/C21H25ClN2O2SSi/c1-21(2,3)28(4,5)26-19-11-10-14(12-15(19)22)18(25)13-27-20-23-16-8-6-7-9-17(16)24-20/h6-12H,13H2,1-5H3,(H,23,24). The first-order valence-electron chi connectivity index (χ1n) is 9.16. The molecular formula is C21H25ClN2O2SSi.